The molecule has 0 saturated heterocycles. The van der Waals surface area contributed by atoms with E-state index in [0.717, 1.165) is 19.3 Å². The second kappa shape index (κ2) is 19.5. The number of carbonyl (C=O) groups is 3. The van der Waals surface area contributed by atoms with Crippen LogP contribution in [0.15, 0.2) is 0 Å². The Labute approximate surface area is 196 Å². The zero-order valence-corrected chi connectivity index (χ0v) is 20.3. The number of hydrogen-bond acceptors (Lipinski definition) is 5. The monoisotopic (exact) mass is 426 g/mol. The molecule has 4 N–H and O–H groups in total. The number of nitrogens with zero attached hydrogens (tertiary/aromatic N) is 1. The number of quaternary nitrogens is 1. The topological polar surface area (TPSA) is 124 Å². The normalized spacial score (nSPS) is 12.8. The Morgan fingerprint density at radius 3 is 1.86 bits per heavy atom. The molecule has 1 amide bonds. The van der Waals surface area contributed by atoms with Crippen molar-refractivity contribution in [3.63, 3.8) is 0 Å². The number of aliphatic hydroxyl groups is 1. The second-order valence-electron chi connectivity index (χ2n) is 7.41. The van der Waals surface area contributed by atoms with Crippen molar-refractivity contribution in [2.24, 2.45) is 0 Å². The van der Waals surface area contributed by atoms with Crippen molar-refractivity contribution >= 4 is 17.8 Å². The van der Waals surface area contributed by atoms with Crippen LogP contribution in [0.25, 0.3) is 0 Å². The third-order valence-electron chi connectivity index (χ3n) is 4.98. The predicted molar refractivity (Wildman–Crippen MR) is 107 cm³/mol. The van der Waals surface area contributed by atoms with Crippen molar-refractivity contribution < 1.29 is 63.7 Å². The van der Waals surface area contributed by atoms with Crippen LogP contribution >= 0.6 is 0 Å². The number of carbonyl (C=O) groups excluding carboxylic acids is 1. The van der Waals surface area contributed by atoms with Gasteiger partial charge in [0.05, 0.1) is 26.1 Å². The minimum Gasteiger partial charge on any atom is -0.480 e. The maximum absolute atomic E-state index is 12.8. The Balaban J connectivity index is 0. The number of rotatable bonds is 19. The van der Waals surface area contributed by atoms with Gasteiger partial charge in [0.1, 0.15) is 6.54 Å². The number of carboxylic acid groups (broad SMARTS) is 2. The average Bonchev–Trinajstić information content (AvgIpc) is 2.63. The number of carboxylic acids is 2. The summed E-state index contributed by atoms with van der Waals surface area (Å²) >= 11 is 0. The van der Waals surface area contributed by atoms with Crippen LogP contribution in [0.4, 0.5) is 0 Å². The van der Waals surface area contributed by atoms with Gasteiger partial charge >= 0.3 is 47.4 Å². The molecule has 0 aliphatic heterocycles. The molecule has 0 radical (unpaired) electrons. The Kier molecular flexibility index (Phi) is 20.6. The summed E-state index contributed by atoms with van der Waals surface area (Å²) in [6.45, 7) is 1.62. The molecule has 0 aliphatic carbocycles. The van der Waals surface area contributed by atoms with Crippen molar-refractivity contribution in [2.45, 2.75) is 71.1 Å². The summed E-state index contributed by atoms with van der Waals surface area (Å²) in [5, 5.41) is 30.0. The standard InChI is InChI=1S/C20H38N2O6.Na/c1-2-3-4-5-6-7-8-9-10-11-18(24)22(14-15-23,17-20(27)28)13-12-21-16-19(25)26;/h21,23H,2-17H2,1H3,(H-,25,26,27,28);/q;+1/p+1. The first-order valence-corrected chi connectivity index (χ1v) is 10.5. The van der Waals surface area contributed by atoms with Crippen LogP contribution in [0.2, 0.25) is 0 Å². The molecule has 0 bridgehead atoms. The minimum absolute atomic E-state index is 0. The van der Waals surface area contributed by atoms with E-state index < -0.39 is 18.5 Å². The molecule has 29 heavy (non-hydrogen) atoms. The molecule has 0 rings (SSSR count). The van der Waals surface area contributed by atoms with E-state index in [9.17, 15) is 24.6 Å². The van der Waals surface area contributed by atoms with Gasteiger partial charge in [0.15, 0.2) is 6.54 Å². The Hall–Kier alpha value is -0.510. The van der Waals surface area contributed by atoms with Crippen LogP contribution in [0.3, 0.4) is 0 Å². The van der Waals surface area contributed by atoms with Crippen LogP contribution < -0.4 is 34.9 Å². The van der Waals surface area contributed by atoms with Crippen LogP contribution in [-0.2, 0) is 14.4 Å². The number of hydrogen-bond donors (Lipinski definition) is 4. The molecule has 0 aromatic heterocycles. The van der Waals surface area contributed by atoms with Gasteiger partial charge in [0.2, 0.25) is 0 Å². The largest absolute Gasteiger partial charge is 1.00 e. The summed E-state index contributed by atoms with van der Waals surface area (Å²) in [6.07, 6.45) is 10.4. The van der Waals surface area contributed by atoms with E-state index in [4.69, 9.17) is 5.11 Å². The first-order valence-electron chi connectivity index (χ1n) is 10.5. The summed E-state index contributed by atoms with van der Waals surface area (Å²) in [6, 6.07) is 0. The van der Waals surface area contributed by atoms with Gasteiger partial charge in [-0.2, -0.15) is 0 Å². The van der Waals surface area contributed by atoms with Gasteiger partial charge in [-0.1, -0.05) is 58.3 Å². The maximum atomic E-state index is 12.8. The molecule has 9 heteroatoms. The quantitative estimate of drug-likeness (QED) is 0.119. The number of aliphatic hydroxyl groups excluding tert-OH is 1. The third-order valence-corrected chi connectivity index (χ3v) is 4.98. The van der Waals surface area contributed by atoms with Crippen LogP contribution in [-0.4, -0.2) is 77.0 Å². The fraction of sp³-hybridized carbons (Fsp3) is 0.850. The smallest absolute Gasteiger partial charge is 0.480 e. The Morgan fingerprint density at radius 1 is 0.828 bits per heavy atom. The van der Waals surface area contributed by atoms with Crippen molar-refractivity contribution in [2.75, 3.05) is 39.3 Å². The van der Waals surface area contributed by atoms with Gasteiger partial charge < -0.3 is 20.6 Å². The molecule has 0 aromatic rings. The SMILES string of the molecule is CCCCCCCCCCCC(=O)[N+](CCO)(CCNCC(=O)O)CC(=O)O.[Na+]. The zero-order chi connectivity index (χ0) is 21.3. The Bertz CT molecular complexity index is 464. The van der Waals surface area contributed by atoms with Crippen LogP contribution in [0.1, 0.15) is 71.1 Å². The summed E-state index contributed by atoms with van der Waals surface area (Å²) in [4.78, 5) is 34.7. The molecule has 0 aromatic carbocycles. The first kappa shape index (κ1) is 30.7. The van der Waals surface area contributed by atoms with Gasteiger partial charge in [-0.15, -0.1) is 0 Å². The molecule has 0 spiro atoms. The molecule has 0 heterocycles. The molecule has 8 nitrogen and oxygen atoms in total. The molecule has 0 fully saturated rings. The fourth-order valence-corrected chi connectivity index (χ4v) is 3.37. The van der Waals surface area contributed by atoms with Crippen molar-refractivity contribution in [1.82, 2.24) is 5.32 Å². The molecule has 1 unspecified atom stereocenters. The van der Waals surface area contributed by atoms with E-state index in [2.05, 4.69) is 12.2 Å². The summed E-state index contributed by atoms with van der Waals surface area (Å²) in [5.41, 5.74) is 0. The van der Waals surface area contributed by atoms with E-state index in [1.165, 1.54) is 32.1 Å². The van der Waals surface area contributed by atoms with Gasteiger partial charge in [-0.3, -0.25) is 4.79 Å². The zero-order valence-electron chi connectivity index (χ0n) is 18.3. The fourth-order valence-electron chi connectivity index (χ4n) is 3.37. The van der Waals surface area contributed by atoms with Gasteiger partial charge in [0.25, 0.3) is 0 Å². The molecule has 1 atom stereocenters. The summed E-state index contributed by atoms with van der Waals surface area (Å²) in [5.74, 6) is -2.32. The van der Waals surface area contributed by atoms with E-state index in [1.54, 1.807) is 0 Å². The second-order valence-corrected chi connectivity index (χ2v) is 7.41. The number of aliphatic carboxylic acids is 2. The third kappa shape index (κ3) is 15.9. The predicted octanol–water partition coefficient (Wildman–Crippen LogP) is -0.994. The Morgan fingerprint density at radius 2 is 1.38 bits per heavy atom. The van der Waals surface area contributed by atoms with Crippen molar-refractivity contribution in [3.05, 3.63) is 0 Å². The average molecular weight is 427 g/mol. The number of nitrogens with one attached hydrogen (secondary N) is 1. The molecule has 0 saturated carbocycles. The van der Waals surface area contributed by atoms with Gasteiger partial charge in [-0.05, 0) is 6.42 Å². The van der Waals surface area contributed by atoms with Crippen LogP contribution in [0.5, 0.6) is 0 Å². The van der Waals surface area contributed by atoms with E-state index in [0.29, 0.717) is 6.42 Å². The van der Waals surface area contributed by atoms with Crippen LogP contribution in [0, 0.1) is 0 Å². The van der Waals surface area contributed by atoms with E-state index in [-0.39, 0.29) is 79.2 Å². The summed E-state index contributed by atoms with van der Waals surface area (Å²) < 4.78 is -0.352. The molecular formula is C20H39N2NaO6+2. The molecular weight excluding hydrogens is 387 g/mol. The molecule has 164 valence electrons. The van der Waals surface area contributed by atoms with Gasteiger partial charge in [-0.25, -0.2) is 14.1 Å². The number of amides is 1. The van der Waals surface area contributed by atoms with Crippen molar-refractivity contribution in [1.29, 1.82) is 0 Å². The maximum Gasteiger partial charge on any atom is 1.00 e. The van der Waals surface area contributed by atoms with Crippen molar-refractivity contribution in [3.8, 4) is 0 Å². The summed E-state index contributed by atoms with van der Waals surface area (Å²) in [7, 11) is 0. The van der Waals surface area contributed by atoms with E-state index >= 15 is 0 Å². The molecule has 0 aliphatic rings. The minimum atomic E-state index is -1.10. The van der Waals surface area contributed by atoms with E-state index in [1.807, 2.05) is 0 Å². The first-order chi connectivity index (χ1) is 13.4. The number of unbranched alkanes of at least 4 members (excludes halogenated alkanes) is 8. The van der Waals surface area contributed by atoms with Gasteiger partial charge in [0, 0.05) is 6.54 Å².